The first kappa shape index (κ1) is 18.3. The summed E-state index contributed by atoms with van der Waals surface area (Å²) in [7, 11) is 3.35. The van der Waals surface area contributed by atoms with Gasteiger partial charge in [0.25, 0.3) is 0 Å². The Hall–Kier alpha value is -0.120. The van der Waals surface area contributed by atoms with Crippen molar-refractivity contribution in [1.82, 2.24) is 0 Å². The lowest BCUT2D eigenvalue weighted by Gasteiger charge is -2.16. The summed E-state index contributed by atoms with van der Waals surface area (Å²) >= 11 is 0. The van der Waals surface area contributed by atoms with Gasteiger partial charge < -0.3 is 14.6 Å². The van der Waals surface area contributed by atoms with Crippen molar-refractivity contribution in [2.24, 2.45) is 11.8 Å². The molecule has 0 rings (SSSR count). The van der Waals surface area contributed by atoms with E-state index in [0.29, 0.717) is 6.61 Å². The summed E-state index contributed by atoms with van der Waals surface area (Å²) in [4.78, 5) is 0. The minimum atomic E-state index is -0.273. The number of hydrogen-bond donors (Lipinski definition) is 1. The fourth-order valence-electron chi connectivity index (χ4n) is 1.31. The summed E-state index contributed by atoms with van der Waals surface area (Å²) in [6, 6.07) is 0. The van der Waals surface area contributed by atoms with Gasteiger partial charge in [-0.2, -0.15) is 0 Å². The molecular formula is C13H30O3. The molecule has 0 heterocycles. The third kappa shape index (κ3) is 12.0. The lowest BCUT2D eigenvalue weighted by atomic mass is 9.94. The fourth-order valence-corrected chi connectivity index (χ4v) is 1.31. The molecule has 0 aromatic heterocycles. The molecule has 0 aliphatic carbocycles. The highest BCUT2D eigenvalue weighted by Gasteiger charge is 2.09. The Morgan fingerprint density at radius 3 is 1.56 bits per heavy atom. The van der Waals surface area contributed by atoms with Crippen molar-refractivity contribution in [2.75, 3.05) is 27.4 Å². The number of hydrogen-bond acceptors (Lipinski definition) is 3. The molecule has 0 fully saturated rings. The Kier molecular flexibility index (Phi) is 14.8. The van der Waals surface area contributed by atoms with Crippen LogP contribution in [0.5, 0.6) is 0 Å². The minimum Gasteiger partial charge on any atom is -0.391 e. The van der Waals surface area contributed by atoms with Crippen LogP contribution in [-0.2, 0) is 9.47 Å². The maximum Gasteiger partial charge on any atom is 0.0770 e. The Labute approximate surface area is 101 Å². The molecule has 0 spiro atoms. The van der Waals surface area contributed by atoms with Gasteiger partial charge in [0.15, 0.2) is 0 Å². The van der Waals surface area contributed by atoms with Crippen LogP contribution in [0.15, 0.2) is 0 Å². The highest BCUT2D eigenvalue weighted by molar-refractivity contribution is 4.58. The van der Waals surface area contributed by atoms with Crippen LogP contribution in [0.3, 0.4) is 0 Å². The van der Waals surface area contributed by atoms with Crippen LogP contribution in [0.25, 0.3) is 0 Å². The summed E-state index contributed by atoms with van der Waals surface area (Å²) in [5.74, 6) is 1.50. The lowest BCUT2D eigenvalue weighted by Crippen LogP contribution is -2.13. The minimum absolute atomic E-state index is 0.273. The van der Waals surface area contributed by atoms with Gasteiger partial charge in [0.1, 0.15) is 0 Å². The number of aliphatic hydroxyl groups excluding tert-OH is 1. The zero-order valence-electron chi connectivity index (χ0n) is 11.8. The smallest absolute Gasteiger partial charge is 0.0770 e. The van der Waals surface area contributed by atoms with Gasteiger partial charge >= 0.3 is 0 Å². The van der Waals surface area contributed by atoms with Crippen molar-refractivity contribution in [3.63, 3.8) is 0 Å². The van der Waals surface area contributed by atoms with Crippen molar-refractivity contribution in [1.29, 1.82) is 0 Å². The highest BCUT2D eigenvalue weighted by atomic mass is 16.5. The van der Waals surface area contributed by atoms with Crippen LogP contribution in [0.1, 0.15) is 40.5 Å². The number of rotatable bonds is 7. The van der Waals surface area contributed by atoms with Gasteiger partial charge in [0.05, 0.1) is 12.7 Å². The van der Waals surface area contributed by atoms with E-state index < -0.39 is 0 Å². The Morgan fingerprint density at radius 1 is 0.938 bits per heavy atom. The van der Waals surface area contributed by atoms with Gasteiger partial charge in [-0.25, -0.2) is 0 Å². The maximum atomic E-state index is 8.73. The molecule has 0 saturated heterocycles. The van der Waals surface area contributed by atoms with Crippen molar-refractivity contribution in [2.45, 2.75) is 46.6 Å². The van der Waals surface area contributed by atoms with Crippen molar-refractivity contribution in [3.05, 3.63) is 0 Å². The molecule has 100 valence electrons. The molecule has 3 heteroatoms. The normalized spacial score (nSPS) is 14.2. The summed E-state index contributed by atoms with van der Waals surface area (Å²) in [6.07, 6.45) is 1.73. The van der Waals surface area contributed by atoms with Crippen molar-refractivity contribution in [3.8, 4) is 0 Å². The van der Waals surface area contributed by atoms with Crippen molar-refractivity contribution < 1.29 is 14.6 Å². The van der Waals surface area contributed by atoms with Gasteiger partial charge in [0.2, 0.25) is 0 Å². The first-order valence-corrected chi connectivity index (χ1v) is 6.19. The molecule has 0 aromatic rings. The standard InChI is InChI=1S/C8H18O.C5H12O2/c1-5-8(6-9-4)7(2)3;1-3-5(6)4-7-2/h7-8H,5-6H2,1-4H3;5-6H,3-4H2,1-2H3. The molecule has 0 aliphatic heterocycles. The number of methoxy groups -OCH3 is 2. The first-order valence-electron chi connectivity index (χ1n) is 6.19. The van der Waals surface area contributed by atoms with Crippen LogP contribution in [0, 0.1) is 11.8 Å². The van der Waals surface area contributed by atoms with E-state index in [0.717, 1.165) is 24.9 Å². The van der Waals surface area contributed by atoms with Crippen LogP contribution >= 0.6 is 0 Å². The molecular weight excluding hydrogens is 204 g/mol. The zero-order chi connectivity index (χ0) is 13.0. The third-order valence-corrected chi connectivity index (χ3v) is 2.68. The van der Waals surface area contributed by atoms with E-state index in [1.807, 2.05) is 6.92 Å². The Bertz CT molecular complexity index is 126. The third-order valence-electron chi connectivity index (χ3n) is 2.68. The largest absolute Gasteiger partial charge is 0.391 e. The monoisotopic (exact) mass is 234 g/mol. The molecule has 0 saturated carbocycles. The average Bonchev–Trinajstić information content (AvgIpc) is 2.26. The predicted molar refractivity (Wildman–Crippen MR) is 68.7 cm³/mol. The van der Waals surface area contributed by atoms with E-state index >= 15 is 0 Å². The predicted octanol–water partition coefficient (Wildman–Crippen LogP) is 2.72. The van der Waals surface area contributed by atoms with E-state index in [1.165, 1.54) is 6.42 Å². The van der Waals surface area contributed by atoms with Gasteiger partial charge in [-0.1, -0.05) is 34.1 Å². The van der Waals surface area contributed by atoms with E-state index in [1.54, 1.807) is 14.2 Å². The number of aliphatic hydroxyl groups is 1. The quantitative estimate of drug-likeness (QED) is 0.736. The second-order valence-electron chi connectivity index (χ2n) is 4.39. The fraction of sp³-hybridized carbons (Fsp3) is 1.00. The summed E-state index contributed by atoms with van der Waals surface area (Å²) in [6.45, 7) is 9.98. The molecule has 1 N–H and O–H groups in total. The molecule has 3 nitrogen and oxygen atoms in total. The second kappa shape index (κ2) is 12.9. The molecule has 16 heavy (non-hydrogen) atoms. The Morgan fingerprint density at radius 2 is 1.44 bits per heavy atom. The van der Waals surface area contributed by atoms with Gasteiger partial charge in [0, 0.05) is 20.8 Å². The lowest BCUT2D eigenvalue weighted by molar-refractivity contribution is 0.0625. The van der Waals surface area contributed by atoms with Crippen LogP contribution in [0.4, 0.5) is 0 Å². The summed E-state index contributed by atoms with van der Waals surface area (Å²) in [5, 5.41) is 8.73. The summed E-state index contributed by atoms with van der Waals surface area (Å²) < 4.78 is 9.70. The molecule has 0 bridgehead atoms. The number of ether oxygens (including phenoxy) is 2. The second-order valence-corrected chi connectivity index (χ2v) is 4.39. The molecule has 0 radical (unpaired) electrons. The van der Waals surface area contributed by atoms with Crippen LogP contribution in [-0.4, -0.2) is 38.6 Å². The average molecular weight is 234 g/mol. The molecule has 0 aliphatic rings. The zero-order valence-corrected chi connectivity index (χ0v) is 11.8. The van der Waals surface area contributed by atoms with E-state index in [-0.39, 0.29) is 6.10 Å². The van der Waals surface area contributed by atoms with E-state index in [9.17, 15) is 0 Å². The van der Waals surface area contributed by atoms with Gasteiger partial charge in [-0.3, -0.25) is 0 Å². The van der Waals surface area contributed by atoms with Crippen molar-refractivity contribution >= 4 is 0 Å². The highest BCUT2D eigenvalue weighted by Crippen LogP contribution is 2.13. The van der Waals surface area contributed by atoms with Gasteiger partial charge in [-0.05, 0) is 18.3 Å². The molecule has 0 amide bonds. The molecule has 2 atom stereocenters. The maximum absolute atomic E-state index is 8.73. The van der Waals surface area contributed by atoms with E-state index in [2.05, 4.69) is 25.5 Å². The topological polar surface area (TPSA) is 38.7 Å². The van der Waals surface area contributed by atoms with Crippen LogP contribution < -0.4 is 0 Å². The van der Waals surface area contributed by atoms with Crippen LogP contribution in [0.2, 0.25) is 0 Å². The molecule has 0 aromatic carbocycles. The van der Waals surface area contributed by atoms with E-state index in [4.69, 9.17) is 9.84 Å². The SMILES string of the molecule is CCC(COC)C(C)C.CCC(O)COC. The first-order chi connectivity index (χ1) is 7.53. The molecule has 2 unspecified atom stereocenters. The summed E-state index contributed by atoms with van der Waals surface area (Å²) in [5.41, 5.74) is 0. The van der Waals surface area contributed by atoms with Gasteiger partial charge in [-0.15, -0.1) is 0 Å². The Balaban J connectivity index is 0.